The van der Waals surface area contributed by atoms with Gasteiger partial charge < -0.3 is 4.74 Å². The lowest BCUT2D eigenvalue weighted by Gasteiger charge is -2.26. The number of benzene rings is 2. The first-order valence-corrected chi connectivity index (χ1v) is 10.6. The second-order valence-corrected chi connectivity index (χ2v) is 8.58. The second kappa shape index (κ2) is 8.77. The summed E-state index contributed by atoms with van der Waals surface area (Å²) < 4.78 is 32.8. The Bertz CT molecular complexity index is 830. The average molecular weight is 375 g/mol. The van der Waals surface area contributed by atoms with E-state index in [0.29, 0.717) is 6.54 Å². The van der Waals surface area contributed by atoms with Gasteiger partial charge in [-0.05, 0) is 23.6 Å². The van der Waals surface area contributed by atoms with Crippen LogP contribution in [0.25, 0.3) is 0 Å². The quantitative estimate of drug-likeness (QED) is 0.809. The van der Waals surface area contributed by atoms with Crippen LogP contribution in [-0.2, 0) is 33.6 Å². The van der Waals surface area contributed by atoms with E-state index in [1.807, 2.05) is 43.3 Å². The fourth-order valence-corrected chi connectivity index (χ4v) is 4.23. The molecule has 0 radical (unpaired) electrons. The molecule has 0 saturated carbocycles. The van der Waals surface area contributed by atoms with E-state index in [-0.39, 0.29) is 5.75 Å². The number of nitrogens with one attached hydrogen (secondary N) is 1. The Morgan fingerprint density at radius 3 is 2.46 bits per heavy atom. The highest BCUT2D eigenvalue weighted by molar-refractivity contribution is 7.88. The smallest absolute Gasteiger partial charge is 0.216 e. The van der Waals surface area contributed by atoms with Gasteiger partial charge in [-0.25, -0.2) is 13.1 Å². The maximum Gasteiger partial charge on any atom is 0.216 e. The van der Waals surface area contributed by atoms with E-state index in [9.17, 15) is 8.42 Å². The highest BCUT2D eigenvalue weighted by atomic mass is 32.2. The minimum atomic E-state index is -3.37. The van der Waals surface area contributed by atoms with Crippen LogP contribution in [0.15, 0.2) is 48.5 Å². The zero-order chi connectivity index (χ0) is 18.4. The number of hydrogen-bond donors (Lipinski definition) is 1. The Morgan fingerprint density at radius 1 is 1.00 bits per heavy atom. The zero-order valence-corrected chi connectivity index (χ0v) is 16.0. The lowest BCUT2D eigenvalue weighted by molar-refractivity contribution is 0.0342. The normalized spacial score (nSPS) is 15.9. The molecule has 0 unspecified atom stereocenters. The van der Waals surface area contributed by atoms with Crippen molar-refractivity contribution < 1.29 is 13.2 Å². The summed E-state index contributed by atoms with van der Waals surface area (Å²) in [5, 5.41) is 0. The molecule has 1 N–H and O–H groups in total. The molecule has 26 heavy (non-hydrogen) atoms. The summed E-state index contributed by atoms with van der Waals surface area (Å²) in [7, 11) is -3.37. The van der Waals surface area contributed by atoms with E-state index in [2.05, 4.69) is 21.8 Å². The third kappa shape index (κ3) is 5.92. The van der Waals surface area contributed by atoms with E-state index in [1.54, 1.807) is 0 Å². The minimum absolute atomic E-state index is 0.00213. The highest BCUT2D eigenvalue weighted by Crippen LogP contribution is 2.12. The number of sulfonamides is 1. The molecule has 2 aromatic carbocycles. The van der Waals surface area contributed by atoms with Gasteiger partial charge in [0.25, 0.3) is 0 Å². The van der Waals surface area contributed by atoms with Gasteiger partial charge in [0.05, 0.1) is 19.0 Å². The van der Waals surface area contributed by atoms with Gasteiger partial charge in [-0.3, -0.25) is 4.90 Å². The van der Waals surface area contributed by atoms with Gasteiger partial charge in [0.2, 0.25) is 10.0 Å². The molecule has 1 fully saturated rings. The third-order valence-corrected chi connectivity index (χ3v) is 5.73. The predicted molar refractivity (Wildman–Crippen MR) is 103 cm³/mol. The van der Waals surface area contributed by atoms with Crippen LogP contribution in [0.3, 0.4) is 0 Å². The van der Waals surface area contributed by atoms with Crippen molar-refractivity contribution in [2.45, 2.75) is 25.8 Å². The summed E-state index contributed by atoms with van der Waals surface area (Å²) >= 11 is 0. The van der Waals surface area contributed by atoms with Crippen molar-refractivity contribution in [3.63, 3.8) is 0 Å². The third-order valence-electron chi connectivity index (χ3n) is 4.44. The lowest BCUT2D eigenvalue weighted by atomic mass is 10.1. The van der Waals surface area contributed by atoms with E-state index in [4.69, 9.17) is 4.74 Å². The molecule has 5 nitrogen and oxygen atoms in total. The first kappa shape index (κ1) is 19.0. The van der Waals surface area contributed by atoms with Crippen molar-refractivity contribution in [1.82, 2.24) is 9.62 Å². The lowest BCUT2D eigenvalue weighted by Crippen LogP contribution is -2.35. The largest absolute Gasteiger partial charge is 0.379 e. The summed E-state index contributed by atoms with van der Waals surface area (Å²) in [6, 6.07) is 15.7. The Labute approximate surface area is 156 Å². The standard InChI is InChI=1S/C20H26N2O3S/c1-17-4-2-7-20(12-17)16-26(23,24)21-14-18-5-3-6-19(13-18)15-22-8-10-25-11-9-22/h2-7,12-13,21H,8-11,14-16H2,1H3. The van der Waals surface area contributed by atoms with Crippen molar-refractivity contribution >= 4 is 10.0 Å². The molecule has 0 atom stereocenters. The first-order valence-electron chi connectivity index (χ1n) is 8.91. The van der Waals surface area contributed by atoms with Crippen molar-refractivity contribution in [3.8, 4) is 0 Å². The van der Waals surface area contributed by atoms with Crippen molar-refractivity contribution in [2.75, 3.05) is 26.3 Å². The molecular weight excluding hydrogens is 348 g/mol. The molecule has 0 spiro atoms. The Kier molecular flexibility index (Phi) is 6.43. The molecule has 0 amide bonds. The Morgan fingerprint density at radius 2 is 1.69 bits per heavy atom. The van der Waals surface area contributed by atoms with E-state index < -0.39 is 10.0 Å². The maximum absolute atomic E-state index is 12.4. The van der Waals surface area contributed by atoms with E-state index in [1.165, 1.54) is 5.56 Å². The van der Waals surface area contributed by atoms with Crippen molar-refractivity contribution in [3.05, 3.63) is 70.8 Å². The van der Waals surface area contributed by atoms with Gasteiger partial charge >= 0.3 is 0 Å². The highest BCUT2D eigenvalue weighted by Gasteiger charge is 2.13. The van der Waals surface area contributed by atoms with E-state index >= 15 is 0 Å². The van der Waals surface area contributed by atoms with Crippen LogP contribution >= 0.6 is 0 Å². The number of morpholine rings is 1. The van der Waals surface area contributed by atoms with Crippen LogP contribution < -0.4 is 4.72 Å². The first-order chi connectivity index (χ1) is 12.5. The summed E-state index contributed by atoms with van der Waals surface area (Å²) in [6.45, 7) is 6.57. The summed E-state index contributed by atoms with van der Waals surface area (Å²) in [5.74, 6) is 0.00213. The van der Waals surface area contributed by atoms with Gasteiger partial charge in [0, 0.05) is 26.2 Å². The molecule has 2 aromatic rings. The number of hydrogen-bond acceptors (Lipinski definition) is 4. The SMILES string of the molecule is Cc1cccc(CS(=O)(=O)NCc2cccc(CN3CCOCC3)c2)c1. The topological polar surface area (TPSA) is 58.6 Å². The minimum Gasteiger partial charge on any atom is -0.379 e. The molecule has 6 heteroatoms. The van der Waals surface area contributed by atoms with Crippen molar-refractivity contribution in [2.24, 2.45) is 0 Å². The predicted octanol–water partition coefficient (Wildman–Crippen LogP) is 2.45. The summed E-state index contributed by atoms with van der Waals surface area (Å²) in [4.78, 5) is 2.35. The van der Waals surface area contributed by atoms with Gasteiger partial charge in [-0.2, -0.15) is 0 Å². The molecule has 0 aliphatic carbocycles. The van der Waals surface area contributed by atoms with Crippen LogP contribution in [-0.4, -0.2) is 39.6 Å². The second-order valence-electron chi connectivity index (χ2n) is 6.78. The molecular formula is C20H26N2O3S. The number of aryl methyl sites for hydroxylation is 1. The number of nitrogens with zero attached hydrogens (tertiary/aromatic N) is 1. The van der Waals surface area contributed by atoms with E-state index in [0.717, 1.165) is 49.5 Å². The van der Waals surface area contributed by atoms with Gasteiger partial charge in [-0.1, -0.05) is 54.1 Å². The maximum atomic E-state index is 12.4. The van der Waals surface area contributed by atoms with Crippen LogP contribution in [0, 0.1) is 6.92 Å². The van der Waals surface area contributed by atoms with Crippen LogP contribution in [0.4, 0.5) is 0 Å². The summed E-state index contributed by atoms with van der Waals surface area (Å²) in [5.41, 5.74) is 4.04. The molecule has 1 heterocycles. The molecule has 0 aromatic heterocycles. The zero-order valence-electron chi connectivity index (χ0n) is 15.1. The van der Waals surface area contributed by atoms with Gasteiger partial charge in [0.1, 0.15) is 0 Å². The van der Waals surface area contributed by atoms with Crippen LogP contribution in [0.5, 0.6) is 0 Å². The molecule has 0 bridgehead atoms. The van der Waals surface area contributed by atoms with Gasteiger partial charge in [-0.15, -0.1) is 0 Å². The molecule has 1 saturated heterocycles. The van der Waals surface area contributed by atoms with Crippen LogP contribution in [0.1, 0.15) is 22.3 Å². The Balaban J connectivity index is 1.57. The monoisotopic (exact) mass is 374 g/mol. The molecule has 3 rings (SSSR count). The van der Waals surface area contributed by atoms with Crippen molar-refractivity contribution in [1.29, 1.82) is 0 Å². The number of ether oxygens (including phenoxy) is 1. The number of rotatable bonds is 7. The fraction of sp³-hybridized carbons (Fsp3) is 0.400. The molecule has 1 aliphatic heterocycles. The molecule has 1 aliphatic rings. The average Bonchev–Trinajstić information content (AvgIpc) is 2.61. The molecule has 140 valence electrons. The van der Waals surface area contributed by atoms with Gasteiger partial charge in [0.15, 0.2) is 0 Å². The fourth-order valence-electron chi connectivity index (χ4n) is 3.12. The van der Waals surface area contributed by atoms with Crippen LogP contribution in [0.2, 0.25) is 0 Å². The summed E-state index contributed by atoms with van der Waals surface area (Å²) in [6.07, 6.45) is 0. The Hall–Kier alpha value is -1.73.